The first-order chi connectivity index (χ1) is 12.8. The summed E-state index contributed by atoms with van der Waals surface area (Å²) in [6.07, 6.45) is 2.69. The number of piperidine rings is 1. The van der Waals surface area contributed by atoms with Crippen LogP contribution in [-0.2, 0) is 30.8 Å². The number of nitrogens with zero attached hydrogens (tertiary/aromatic N) is 2. The highest BCUT2D eigenvalue weighted by atomic mass is 32.2. The van der Waals surface area contributed by atoms with Gasteiger partial charge in [0.2, 0.25) is 15.9 Å². The van der Waals surface area contributed by atoms with Gasteiger partial charge in [0.1, 0.15) is 0 Å². The van der Waals surface area contributed by atoms with Crippen LogP contribution in [0.1, 0.15) is 30.4 Å². The number of carbonyl (C=O) groups is 1. The SMILES string of the molecule is Cc1ccccc1CN(CCC(=O)N1CCC2(CC1)OCCO2)S(C)(=O)=O. The van der Waals surface area contributed by atoms with Crippen molar-refractivity contribution in [2.75, 3.05) is 39.1 Å². The smallest absolute Gasteiger partial charge is 0.223 e. The Kier molecular flexibility index (Phi) is 6.20. The molecule has 1 amide bonds. The summed E-state index contributed by atoms with van der Waals surface area (Å²) in [6, 6.07) is 7.69. The van der Waals surface area contributed by atoms with E-state index in [9.17, 15) is 13.2 Å². The van der Waals surface area contributed by atoms with E-state index in [1.54, 1.807) is 4.90 Å². The molecule has 2 heterocycles. The van der Waals surface area contributed by atoms with Crippen LogP contribution in [0.4, 0.5) is 0 Å². The highest BCUT2D eigenvalue weighted by molar-refractivity contribution is 7.88. The first kappa shape index (κ1) is 20.3. The van der Waals surface area contributed by atoms with Crippen LogP contribution in [0.2, 0.25) is 0 Å². The first-order valence-electron chi connectivity index (χ1n) is 9.34. The van der Waals surface area contributed by atoms with Crippen LogP contribution in [-0.4, -0.2) is 68.4 Å². The molecule has 0 unspecified atom stereocenters. The molecular weight excluding hydrogens is 368 g/mol. The van der Waals surface area contributed by atoms with E-state index in [2.05, 4.69) is 0 Å². The van der Waals surface area contributed by atoms with Gasteiger partial charge in [0.25, 0.3) is 0 Å². The van der Waals surface area contributed by atoms with Crippen molar-refractivity contribution in [2.45, 2.75) is 38.5 Å². The average molecular weight is 397 g/mol. The van der Waals surface area contributed by atoms with Crippen molar-refractivity contribution >= 4 is 15.9 Å². The number of hydrogen-bond acceptors (Lipinski definition) is 5. The zero-order chi connectivity index (χ0) is 19.5. The second-order valence-electron chi connectivity index (χ2n) is 7.26. The molecule has 0 saturated carbocycles. The van der Waals surface area contributed by atoms with Gasteiger partial charge < -0.3 is 14.4 Å². The fraction of sp³-hybridized carbons (Fsp3) is 0.632. The quantitative estimate of drug-likeness (QED) is 0.729. The summed E-state index contributed by atoms with van der Waals surface area (Å²) in [7, 11) is -3.40. The minimum Gasteiger partial charge on any atom is -0.347 e. The third-order valence-corrected chi connectivity index (χ3v) is 6.59. The normalized spacial score (nSPS) is 19.7. The second kappa shape index (κ2) is 8.26. The van der Waals surface area contributed by atoms with Gasteiger partial charge in [0, 0.05) is 45.4 Å². The molecule has 0 aromatic heterocycles. The minimum absolute atomic E-state index is 0.0266. The van der Waals surface area contributed by atoms with Gasteiger partial charge in [-0.3, -0.25) is 4.79 Å². The first-order valence-corrected chi connectivity index (χ1v) is 11.2. The topological polar surface area (TPSA) is 76.2 Å². The van der Waals surface area contributed by atoms with Crippen molar-refractivity contribution in [3.8, 4) is 0 Å². The van der Waals surface area contributed by atoms with Crippen LogP contribution in [0.3, 0.4) is 0 Å². The Hall–Kier alpha value is -1.48. The van der Waals surface area contributed by atoms with E-state index >= 15 is 0 Å². The van der Waals surface area contributed by atoms with Crippen molar-refractivity contribution in [1.82, 2.24) is 9.21 Å². The van der Waals surface area contributed by atoms with Gasteiger partial charge in [-0.1, -0.05) is 24.3 Å². The molecule has 2 fully saturated rings. The number of sulfonamides is 1. The van der Waals surface area contributed by atoms with Gasteiger partial charge in [-0.05, 0) is 18.1 Å². The molecule has 7 nitrogen and oxygen atoms in total. The van der Waals surface area contributed by atoms with Crippen molar-refractivity contribution < 1.29 is 22.7 Å². The molecule has 0 bridgehead atoms. The summed E-state index contributed by atoms with van der Waals surface area (Å²) in [5.41, 5.74) is 1.99. The zero-order valence-corrected chi connectivity index (χ0v) is 16.8. The highest BCUT2D eigenvalue weighted by Crippen LogP contribution is 2.31. The predicted octanol–water partition coefficient (Wildman–Crippen LogP) is 1.51. The molecule has 2 aliphatic rings. The van der Waals surface area contributed by atoms with E-state index in [4.69, 9.17) is 9.47 Å². The number of ether oxygens (including phenoxy) is 2. The molecule has 3 rings (SSSR count). The monoisotopic (exact) mass is 396 g/mol. The molecule has 27 heavy (non-hydrogen) atoms. The Morgan fingerprint density at radius 2 is 1.81 bits per heavy atom. The molecule has 1 aromatic rings. The molecule has 0 atom stereocenters. The maximum atomic E-state index is 12.6. The number of benzene rings is 1. The third kappa shape index (κ3) is 5.07. The Labute approximate surface area is 161 Å². The van der Waals surface area contributed by atoms with Gasteiger partial charge in [0.15, 0.2) is 5.79 Å². The van der Waals surface area contributed by atoms with Gasteiger partial charge in [-0.2, -0.15) is 4.31 Å². The number of rotatable bonds is 6. The number of carbonyl (C=O) groups excluding carboxylic acids is 1. The molecular formula is C19H28N2O5S. The maximum Gasteiger partial charge on any atom is 0.223 e. The summed E-state index contributed by atoms with van der Waals surface area (Å²) in [5, 5.41) is 0. The van der Waals surface area contributed by atoms with Crippen LogP contribution in [0.5, 0.6) is 0 Å². The summed E-state index contributed by atoms with van der Waals surface area (Å²) in [6.45, 7) is 4.79. The Morgan fingerprint density at radius 3 is 2.41 bits per heavy atom. The largest absolute Gasteiger partial charge is 0.347 e. The fourth-order valence-electron chi connectivity index (χ4n) is 3.60. The molecule has 1 aromatic carbocycles. The van der Waals surface area contributed by atoms with E-state index in [1.165, 1.54) is 10.6 Å². The van der Waals surface area contributed by atoms with Crippen LogP contribution in [0.15, 0.2) is 24.3 Å². The molecule has 2 saturated heterocycles. The van der Waals surface area contributed by atoms with Crippen LogP contribution < -0.4 is 0 Å². The number of hydrogen-bond donors (Lipinski definition) is 0. The summed E-state index contributed by atoms with van der Waals surface area (Å²) in [5.74, 6) is -0.540. The molecule has 0 N–H and O–H groups in total. The standard InChI is InChI=1S/C19H28N2O5S/c1-16-5-3-4-6-17(16)15-21(27(2,23)24)10-7-18(22)20-11-8-19(9-12-20)25-13-14-26-19/h3-6H,7-15H2,1-2H3. The Balaban J connectivity index is 1.56. The molecule has 150 valence electrons. The van der Waals surface area contributed by atoms with Crippen LogP contribution >= 0.6 is 0 Å². The summed E-state index contributed by atoms with van der Waals surface area (Å²) < 4.78 is 37.1. The van der Waals surface area contributed by atoms with Gasteiger partial charge in [-0.25, -0.2) is 8.42 Å². The van der Waals surface area contributed by atoms with Crippen LogP contribution in [0, 0.1) is 6.92 Å². The van der Waals surface area contributed by atoms with Crippen molar-refractivity contribution in [1.29, 1.82) is 0 Å². The maximum absolute atomic E-state index is 12.6. The number of amides is 1. The molecule has 1 spiro atoms. The lowest BCUT2D eigenvalue weighted by Crippen LogP contribution is -2.47. The van der Waals surface area contributed by atoms with E-state index in [0.717, 1.165) is 11.1 Å². The summed E-state index contributed by atoms with van der Waals surface area (Å²) >= 11 is 0. The van der Waals surface area contributed by atoms with Crippen molar-refractivity contribution in [3.63, 3.8) is 0 Å². The summed E-state index contributed by atoms with van der Waals surface area (Å²) in [4.78, 5) is 14.4. The molecule has 0 aliphatic carbocycles. The fourth-order valence-corrected chi connectivity index (χ4v) is 4.40. The predicted molar refractivity (Wildman–Crippen MR) is 101 cm³/mol. The lowest BCUT2D eigenvalue weighted by atomic mass is 10.0. The molecule has 8 heteroatoms. The lowest BCUT2D eigenvalue weighted by molar-refractivity contribution is -0.187. The minimum atomic E-state index is -3.40. The van der Waals surface area contributed by atoms with Gasteiger partial charge in [-0.15, -0.1) is 0 Å². The van der Waals surface area contributed by atoms with Gasteiger partial charge >= 0.3 is 0 Å². The highest BCUT2D eigenvalue weighted by Gasteiger charge is 2.40. The van der Waals surface area contributed by atoms with E-state index in [1.807, 2.05) is 31.2 Å². The molecule has 0 radical (unpaired) electrons. The van der Waals surface area contributed by atoms with Crippen molar-refractivity contribution in [2.24, 2.45) is 0 Å². The number of likely N-dealkylation sites (tertiary alicyclic amines) is 1. The zero-order valence-electron chi connectivity index (χ0n) is 16.0. The Bertz CT molecular complexity index is 764. The van der Waals surface area contributed by atoms with E-state index in [0.29, 0.717) is 39.1 Å². The number of aryl methyl sites for hydroxylation is 1. The van der Waals surface area contributed by atoms with Crippen molar-refractivity contribution in [3.05, 3.63) is 35.4 Å². The second-order valence-corrected chi connectivity index (χ2v) is 9.24. The van der Waals surface area contributed by atoms with E-state index < -0.39 is 15.8 Å². The van der Waals surface area contributed by atoms with E-state index in [-0.39, 0.29) is 25.4 Å². The third-order valence-electron chi connectivity index (χ3n) is 5.34. The van der Waals surface area contributed by atoms with Crippen LogP contribution in [0.25, 0.3) is 0 Å². The lowest BCUT2D eigenvalue weighted by Gasteiger charge is -2.37. The average Bonchev–Trinajstić information content (AvgIpc) is 3.07. The molecule has 2 aliphatic heterocycles. The van der Waals surface area contributed by atoms with Gasteiger partial charge in [0.05, 0.1) is 19.5 Å². The Morgan fingerprint density at radius 1 is 1.19 bits per heavy atom.